The molecular formula is C24H33N3O3. The van der Waals surface area contributed by atoms with E-state index in [4.69, 9.17) is 9.26 Å². The molecule has 2 aromatic rings. The zero-order chi connectivity index (χ0) is 21.1. The summed E-state index contributed by atoms with van der Waals surface area (Å²) in [5, 5.41) is 10.9. The van der Waals surface area contributed by atoms with E-state index in [1.54, 1.807) is 0 Å². The number of hydrogen-bond acceptors (Lipinski definition) is 5. The molecule has 1 aromatic carbocycles. The lowest BCUT2D eigenvalue weighted by atomic mass is 9.78. The Morgan fingerprint density at radius 3 is 2.63 bits per heavy atom. The molecule has 2 fully saturated rings. The van der Waals surface area contributed by atoms with Gasteiger partial charge < -0.3 is 19.9 Å². The van der Waals surface area contributed by atoms with Crippen molar-refractivity contribution in [3.63, 3.8) is 0 Å². The highest BCUT2D eigenvalue weighted by atomic mass is 16.6. The summed E-state index contributed by atoms with van der Waals surface area (Å²) in [4.78, 5) is 12.3. The molecule has 0 bridgehead atoms. The van der Waals surface area contributed by atoms with Gasteiger partial charge in [0.15, 0.2) is 5.82 Å². The highest BCUT2D eigenvalue weighted by Crippen LogP contribution is 2.41. The van der Waals surface area contributed by atoms with Gasteiger partial charge in [-0.2, -0.15) is 0 Å². The SMILES string of the molecule is CC(C)(C)OC(=O)N[C@@H]1CC[C@@H](Nc2cc(C3CC3)on2)[C@@H](Cc2ccccc2)C1. The maximum Gasteiger partial charge on any atom is 0.407 e. The minimum atomic E-state index is -0.488. The van der Waals surface area contributed by atoms with E-state index in [1.807, 2.05) is 26.8 Å². The molecule has 6 nitrogen and oxygen atoms in total. The minimum Gasteiger partial charge on any atom is -0.444 e. The minimum absolute atomic E-state index is 0.117. The van der Waals surface area contributed by atoms with Gasteiger partial charge in [0.05, 0.1) is 0 Å². The van der Waals surface area contributed by atoms with Crippen LogP contribution in [0.25, 0.3) is 0 Å². The summed E-state index contributed by atoms with van der Waals surface area (Å²) in [5.74, 6) is 2.76. The summed E-state index contributed by atoms with van der Waals surface area (Å²) in [6.07, 6.45) is 5.80. The Balaban J connectivity index is 1.41. The molecule has 0 spiro atoms. The lowest BCUT2D eigenvalue weighted by Gasteiger charge is -2.37. The Kier molecular flexibility index (Phi) is 6.02. The second-order valence-corrected chi connectivity index (χ2v) is 9.75. The first kappa shape index (κ1) is 20.8. The zero-order valence-corrected chi connectivity index (χ0v) is 18.2. The first-order valence-electron chi connectivity index (χ1n) is 11.1. The summed E-state index contributed by atoms with van der Waals surface area (Å²) in [7, 11) is 0. The topological polar surface area (TPSA) is 76.4 Å². The molecule has 2 aliphatic rings. The molecule has 2 saturated carbocycles. The number of alkyl carbamates (subject to hydrolysis) is 1. The van der Waals surface area contributed by atoms with Crippen molar-refractivity contribution >= 4 is 11.9 Å². The fourth-order valence-electron chi connectivity index (χ4n) is 4.31. The normalized spacial score (nSPS) is 24.3. The fraction of sp³-hybridized carbons (Fsp3) is 0.583. The summed E-state index contributed by atoms with van der Waals surface area (Å²) in [5.41, 5.74) is 0.824. The van der Waals surface area contributed by atoms with E-state index in [1.165, 1.54) is 18.4 Å². The van der Waals surface area contributed by atoms with Crippen molar-refractivity contribution in [3.05, 3.63) is 47.7 Å². The summed E-state index contributed by atoms with van der Waals surface area (Å²) >= 11 is 0. The second-order valence-electron chi connectivity index (χ2n) is 9.75. The summed E-state index contributed by atoms with van der Waals surface area (Å²) in [6, 6.07) is 13.0. The van der Waals surface area contributed by atoms with Gasteiger partial charge in [0.1, 0.15) is 11.4 Å². The number of anilines is 1. The second kappa shape index (κ2) is 8.70. The number of nitrogens with zero attached hydrogens (tertiary/aromatic N) is 1. The molecule has 4 rings (SSSR count). The van der Waals surface area contributed by atoms with Crippen molar-refractivity contribution in [1.82, 2.24) is 10.5 Å². The Morgan fingerprint density at radius 1 is 1.17 bits per heavy atom. The molecule has 30 heavy (non-hydrogen) atoms. The fourth-order valence-corrected chi connectivity index (χ4v) is 4.31. The third kappa shape index (κ3) is 5.77. The molecule has 2 aliphatic carbocycles. The molecule has 3 atom stereocenters. The number of hydrogen-bond donors (Lipinski definition) is 2. The van der Waals surface area contributed by atoms with Crippen molar-refractivity contribution in [3.8, 4) is 0 Å². The molecule has 1 aromatic heterocycles. The predicted octanol–water partition coefficient (Wildman–Crippen LogP) is 5.27. The van der Waals surface area contributed by atoms with Crippen LogP contribution in [0.4, 0.5) is 10.6 Å². The Labute approximate surface area is 178 Å². The first-order valence-corrected chi connectivity index (χ1v) is 11.1. The van der Waals surface area contributed by atoms with Crippen molar-refractivity contribution in [2.45, 2.75) is 82.9 Å². The average molecular weight is 412 g/mol. The first-order chi connectivity index (χ1) is 14.4. The summed E-state index contributed by atoms with van der Waals surface area (Å²) < 4.78 is 11.0. The number of rotatable bonds is 6. The van der Waals surface area contributed by atoms with Crippen LogP contribution >= 0.6 is 0 Å². The van der Waals surface area contributed by atoms with Gasteiger partial charge in [-0.1, -0.05) is 35.5 Å². The van der Waals surface area contributed by atoms with E-state index >= 15 is 0 Å². The molecule has 1 amide bonds. The smallest absolute Gasteiger partial charge is 0.407 e. The van der Waals surface area contributed by atoms with Gasteiger partial charge in [-0.15, -0.1) is 0 Å². The number of nitrogens with one attached hydrogen (secondary N) is 2. The number of aromatic nitrogens is 1. The van der Waals surface area contributed by atoms with Crippen LogP contribution in [0.15, 0.2) is 40.9 Å². The van der Waals surface area contributed by atoms with Crippen molar-refractivity contribution in [1.29, 1.82) is 0 Å². The van der Waals surface area contributed by atoms with E-state index in [9.17, 15) is 4.79 Å². The largest absolute Gasteiger partial charge is 0.444 e. The maximum absolute atomic E-state index is 12.3. The van der Waals surface area contributed by atoms with E-state index in [2.05, 4.69) is 46.1 Å². The molecule has 0 unspecified atom stereocenters. The molecule has 2 N–H and O–H groups in total. The van der Waals surface area contributed by atoms with E-state index in [0.717, 1.165) is 37.3 Å². The lowest BCUT2D eigenvalue weighted by molar-refractivity contribution is 0.0482. The monoisotopic (exact) mass is 411 g/mol. The lowest BCUT2D eigenvalue weighted by Crippen LogP contribution is -2.46. The molecule has 6 heteroatoms. The highest BCUT2D eigenvalue weighted by molar-refractivity contribution is 5.68. The van der Waals surface area contributed by atoms with E-state index in [-0.39, 0.29) is 12.1 Å². The Morgan fingerprint density at radius 2 is 1.93 bits per heavy atom. The molecule has 0 aliphatic heterocycles. The molecule has 1 heterocycles. The third-order valence-electron chi connectivity index (χ3n) is 5.89. The van der Waals surface area contributed by atoms with Crippen LogP contribution in [0.1, 0.15) is 70.1 Å². The van der Waals surface area contributed by atoms with Crippen LogP contribution < -0.4 is 10.6 Å². The van der Waals surface area contributed by atoms with Gasteiger partial charge in [-0.3, -0.25) is 0 Å². The van der Waals surface area contributed by atoms with E-state index in [0.29, 0.717) is 17.9 Å². The number of ether oxygens (including phenoxy) is 1. The number of amides is 1. The standard InChI is InChI=1S/C24H33N3O3/c1-24(2,3)29-23(28)25-19-11-12-20(18(14-19)13-16-7-5-4-6-8-16)26-22-15-21(30-27-22)17-9-10-17/h4-8,15,17-20H,9-14H2,1-3H3,(H,25,28)(H,26,27)/t18-,19+,20+/m0/s1. The predicted molar refractivity (Wildman–Crippen MR) is 117 cm³/mol. The van der Waals surface area contributed by atoms with Crippen LogP contribution in [0.3, 0.4) is 0 Å². The van der Waals surface area contributed by atoms with Gasteiger partial charge >= 0.3 is 6.09 Å². The highest BCUT2D eigenvalue weighted by Gasteiger charge is 2.33. The quantitative estimate of drug-likeness (QED) is 0.677. The molecule has 0 saturated heterocycles. The summed E-state index contributed by atoms with van der Waals surface area (Å²) in [6.45, 7) is 5.66. The Hall–Kier alpha value is -2.50. The van der Waals surface area contributed by atoms with Gasteiger partial charge in [-0.05, 0) is 70.8 Å². The third-order valence-corrected chi connectivity index (χ3v) is 5.89. The van der Waals surface area contributed by atoms with Gasteiger partial charge in [0, 0.05) is 24.1 Å². The van der Waals surface area contributed by atoms with E-state index < -0.39 is 5.60 Å². The van der Waals surface area contributed by atoms with Crippen molar-refractivity contribution in [2.24, 2.45) is 5.92 Å². The zero-order valence-electron chi connectivity index (χ0n) is 18.2. The number of carbonyl (C=O) groups excluding carboxylic acids is 1. The van der Waals surface area contributed by atoms with Crippen molar-refractivity contribution in [2.75, 3.05) is 5.32 Å². The van der Waals surface area contributed by atoms with Crippen LogP contribution in [0, 0.1) is 5.92 Å². The molecule has 162 valence electrons. The van der Waals surface area contributed by atoms with Crippen molar-refractivity contribution < 1.29 is 14.1 Å². The van der Waals surface area contributed by atoms with Crippen LogP contribution in [0.2, 0.25) is 0 Å². The number of carbonyl (C=O) groups is 1. The number of benzene rings is 1. The van der Waals surface area contributed by atoms with Crippen LogP contribution in [-0.2, 0) is 11.2 Å². The maximum atomic E-state index is 12.3. The van der Waals surface area contributed by atoms with Gasteiger partial charge in [0.2, 0.25) is 0 Å². The van der Waals surface area contributed by atoms with Crippen LogP contribution in [0.5, 0.6) is 0 Å². The Bertz CT molecular complexity index is 839. The average Bonchev–Trinajstić information content (AvgIpc) is 3.42. The van der Waals surface area contributed by atoms with Gasteiger partial charge in [-0.25, -0.2) is 4.79 Å². The van der Waals surface area contributed by atoms with Gasteiger partial charge in [0.25, 0.3) is 0 Å². The molecule has 0 radical (unpaired) electrons. The van der Waals surface area contributed by atoms with Crippen LogP contribution in [-0.4, -0.2) is 28.9 Å². The molecular weight excluding hydrogens is 378 g/mol.